The Balaban J connectivity index is 1.71. The monoisotopic (exact) mass is 347 g/mol. The highest BCUT2D eigenvalue weighted by Crippen LogP contribution is 2.27. The lowest BCUT2D eigenvalue weighted by atomic mass is 10.0. The van der Waals surface area contributed by atoms with Gasteiger partial charge in [-0.2, -0.15) is 0 Å². The second-order valence-corrected chi connectivity index (χ2v) is 5.54. The third-order valence-corrected chi connectivity index (χ3v) is 3.70. The summed E-state index contributed by atoms with van der Waals surface area (Å²) in [5, 5.41) is 2.81. The molecule has 0 bridgehead atoms. The number of hydrogen-bond acceptors (Lipinski definition) is 5. The van der Waals surface area contributed by atoms with E-state index in [4.69, 9.17) is 4.74 Å². The Morgan fingerprint density at radius 2 is 1.73 bits per heavy atom. The highest BCUT2D eigenvalue weighted by atomic mass is 16.5. The molecule has 26 heavy (non-hydrogen) atoms. The molecule has 3 aromatic rings. The summed E-state index contributed by atoms with van der Waals surface area (Å²) in [4.78, 5) is 32.1. The number of para-hydroxylation sites is 1. The van der Waals surface area contributed by atoms with Crippen molar-refractivity contribution >= 4 is 17.6 Å². The maximum absolute atomic E-state index is 12.4. The van der Waals surface area contributed by atoms with Crippen molar-refractivity contribution in [3.63, 3.8) is 0 Å². The summed E-state index contributed by atoms with van der Waals surface area (Å²) in [6.45, 7) is 1.51. The van der Waals surface area contributed by atoms with Gasteiger partial charge in [-0.05, 0) is 18.6 Å². The van der Waals surface area contributed by atoms with Gasteiger partial charge in [0.1, 0.15) is 0 Å². The van der Waals surface area contributed by atoms with Gasteiger partial charge in [0.25, 0.3) is 5.91 Å². The number of hydrogen-bond donors (Lipinski definition) is 1. The molecule has 0 aliphatic heterocycles. The third-order valence-electron chi connectivity index (χ3n) is 3.70. The number of nitrogens with zero attached hydrogens (tertiary/aromatic N) is 2. The van der Waals surface area contributed by atoms with E-state index in [1.54, 1.807) is 6.07 Å². The molecule has 3 rings (SSSR count). The molecule has 1 N–H and O–H groups in total. The molecule has 6 nitrogen and oxygen atoms in total. The Hall–Kier alpha value is -3.54. The molecular formula is C20H17N3O3. The van der Waals surface area contributed by atoms with Gasteiger partial charge in [-0.3, -0.25) is 9.78 Å². The van der Waals surface area contributed by atoms with Gasteiger partial charge in [0.05, 0.1) is 6.20 Å². The Bertz CT molecular complexity index is 898. The number of ether oxygens (including phenoxy) is 1. The van der Waals surface area contributed by atoms with Crippen LogP contribution in [0.5, 0.6) is 0 Å². The van der Waals surface area contributed by atoms with Gasteiger partial charge in [-0.25, -0.2) is 9.78 Å². The average Bonchev–Trinajstić information content (AvgIpc) is 2.69. The van der Waals surface area contributed by atoms with Crippen LogP contribution in [-0.2, 0) is 9.53 Å². The van der Waals surface area contributed by atoms with Crippen molar-refractivity contribution in [2.75, 3.05) is 5.32 Å². The van der Waals surface area contributed by atoms with Gasteiger partial charge < -0.3 is 10.1 Å². The highest BCUT2D eigenvalue weighted by Gasteiger charge is 2.20. The molecule has 0 aliphatic carbocycles. The summed E-state index contributed by atoms with van der Waals surface area (Å²) >= 11 is 0. The fourth-order valence-electron chi connectivity index (χ4n) is 2.37. The molecule has 1 heterocycles. The number of carbonyl (C=O) groups is 2. The van der Waals surface area contributed by atoms with Crippen LogP contribution in [-0.4, -0.2) is 27.9 Å². The van der Waals surface area contributed by atoms with E-state index >= 15 is 0 Å². The summed E-state index contributed by atoms with van der Waals surface area (Å²) in [5.74, 6) is -1.12. The molecule has 1 atom stereocenters. The lowest BCUT2D eigenvalue weighted by Crippen LogP contribution is -2.30. The summed E-state index contributed by atoms with van der Waals surface area (Å²) in [6.07, 6.45) is 3.15. The maximum Gasteiger partial charge on any atom is 0.359 e. The van der Waals surface area contributed by atoms with Crippen LogP contribution in [0.3, 0.4) is 0 Å². The SMILES string of the molecule is C[C@@H](OC(=O)c1cnccn1)C(=O)Nc1ccccc1-c1ccccc1. The van der Waals surface area contributed by atoms with Crippen LogP contribution >= 0.6 is 0 Å². The Kier molecular flexibility index (Phi) is 5.34. The molecule has 0 saturated carbocycles. The summed E-state index contributed by atoms with van der Waals surface area (Å²) in [6, 6.07) is 17.2. The van der Waals surface area contributed by atoms with E-state index in [0.717, 1.165) is 11.1 Å². The van der Waals surface area contributed by atoms with Gasteiger partial charge in [0.15, 0.2) is 11.8 Å². The average molecular weight is 347 g/mol. The normalized spacial score (nSPS) is 11.4. The van der Waals surface area contributed by atoms with Gasteiger partial charge in [0, 0.05) is 23.6 Å². The van der Waals surface area contributed by atoms with E-state index in [1.807, 2.05) is 48.5 Å². The summed E-state index contributed by atoms with van der Waals surface area (Å²) in [5.41, 5.74) is 2.56. The lowest BCUT2D eigenvalue weighted by molar-refractivity contribution is -0.123. The highest BCUT2D eigenvalue weighted by molar-refractivity contribution is 5.99. The van der Waals surface area contributed by atoms with Crippen LogP contribution in [0.25, 0.3) is 11.1 Å². The molecule has 0 spiro atoms. The number of nitrogens with one attached hydrogen (secondary N) is 1. The molecule has 1 amide bonds. The topological polar surface area (TPSA) is 81.2 Å². The van der Waals surface area contributed by atoms with E-state index < -0.39 is 18.0 Å². The first-order chi connectivity index (χ1) is 12.6. The zero-order valence-corrected chi connectivity index (χ0v) is 14.1. The molecular weight excluding hydrogens is 330 g/mol. The van der Waals surface area contributed by atoms with Crippen LogP contribution in [0.2, 0.25) is 0 Å². The van der Waals surface area contributed by atoms with E-state index in [-0.39, 0.29) is 5.69 Å². The van der Waals surface area contributed by atoms with Crippen molar-refractivity contribution in [3.8, 4) is 11.1 Å². The van der Waals surface area contributed by atoms with E-state index in [0.29, 0.717) is 5.69 Å². The molecule has 1 aromatic heterocycles. The predicted molar refractivity (Wildman–Crippen MR) is 97.4 cm³/mol. The van der Waals surface area contributed by atoms with Crippen molar-refractivity contribution in [2.45, 2.75) is 13.0 Å². The predicted octanol–water partition coefficient (Wildman–Crippen LogP) is 3.33. The Morgan fingerprint density at radius 3 is 2.46 bits per heavy atom. The fraction of sp³-hybridized carbons (Fsp3) is 0.100. The van der Waals surface area contributed by atoms with E-state index in [9.17, 15) is 9.59 Å². The van der Waals surface area contributed by atoms with Crippen LogP contribution in [0.15, 0.2) is 73.2 Å². The van der Waals surface area contributed by atoms with Crippen LogP contribution in [0.1, 0.15) is 17.4 Å². The number of benzene rings is 2. The molecule has 0 saturated heterocycles. The number of anilines is 1. The smallest absolute Gasteiger partial charge is 0.359 e. The fourth-order valence-corrected chi connectivity index (χ4v) is 2.37. The zero-order chi connectivity index (χ0) is 18.4. The molecule has 0 radical (unpaired) electrons. The maximum atomic E-state index is 12.4. The van der Waals surface area contributed by atoms with E-state index in [2.05, 4.69) is 15.3 Å². The van der Waals surface area contributed by atoms with Gasteiger partial charge in [0.2, 0.25) is 0 Å². The number of aromatic nitrogens is 2. The first-order valence-electron chi connectivity index (χ1n) is 8.07. The minimum atomic E-state index is -0.978. The molecule has 2 aromatic carbocycles. The number of amides is 1. The minimum Gasteiger partial charge on any atom is -0.448 e. The van der Waals surface area contributed by atoms with Crippen molar-refractivity contribution < 1.29 is 14.3 Å². The van der Waals surface area contributed by atoms with Gasteiger partial charge in [-0.15, -0.1) is 0 Å². The Labute approximate surface area is 150 Å². The van der Waals surface area contributed by atoms with Crippen molar-refractivity contribution in [3.05, 3.63) is 78.9 Å². The molecule has 0 aliphatic rings. The van der Waals surface area contributed by atoms with Crippen molar-refractivity contribution in [1.82, 2.24) is 9.97 Å². The first-order valence-corrected chi connectivity index (χ1v) is 8.07. The van der Waals surface area contributed by atoms with Crippen LogP contribution in [0.4, 0.5) is 5.69 Å². The first kappa shape index (κ1) is 17.3. The second-order valence-electron chi connectivity index (χ2n) is 5.54. The third kappa shape index (κ3) is 4.10. The Morgan fingerprint density at radius 1 is 1.00 bits per heavy atom. The lowest BCUT2D eigenvalue weighted by Gasteiger charge is -2.15. The molecule has 130 valence electrons. The minimum absolute atomic E-state index is 0.0526. The number of rotatable bonds is 5. The summed E-state index contributed by atoms with van der Waals surface area (Å²) < 4.78 is 5.16. The van der Waals surface area contributed by atoms with Gasteiger partial charge >= 0.3 is 5.97 Å². The number of carbonyl (C=O) groups excluding carboxylic acids is 2. The van der Waals surface area contributed by atoms with Crippen molar-refractivity contribution in [1.29, 1.82) is 0 Å². The van der Waals surface area contributed by atoms with Crippen LogP contribution in [0, 0.1) is 0 Å². The zero-order valence-electron chi connectivity index (χ0n) is 14.1. The van der Waals surface area contributed by atoms with Crippen LogP contribution < -0.4 is 5.32 Å². The molecule has 0 fully saturated rings. The largest absolute Gasteiger partial charge is 0.448 e. The van der Waals surface area contributed by atoms with Crippen molar-refractivity contribution in [2.24, 2.45) is 0 Å². The van der Waals surface area contributed by atoms with Gasteiger partial charge in [-0.1, -0.05) is 48.5 Å². The quantitative estimate of drug-likeness (QED) is 0.716. The number of esters is 1. The second kappa shape index (κ2) is 8.02. The molecule has 0 unspecified atom stereocenters. The van der Waals surface area contributed by atoms with E-state index in [1.165, 1.54) is 25.5 Å². The molecule has 6 heteroatoms. The summed E-state index contributed by atoms with van der Waals surface area (Å²) in [7, 11) is 0. The standard InChI is InChI=1S/C20H17N3O3/c1-14(26-20(25)18-13-21-11-12-22-18)19(24)23-17-10-6-5-9-16(17)15-7-3-2-4-8-15/h2-14H,1H3,(H,23,24)/t14-/m1/s1.